The molecule has 2 unspecified atom stereocenters. The van der Waals surface area contributed by atoms with Gasteiger partial charge in [0.2, 0.25) is 0 Å². The molecule has 3 rings (SSSR count). The van der Waals surface area contributed by atoms with Gasteiger partial charge in [-0.15, -0.1) is 0 Å². The van der Waals surface area contributed by atoms with Crippen molar-refractivity contribution >= 4 is 10.0 Å². The highest BCUT2D eigenvalue weighted by atomic mass is 32.2. The normalized spacial score (nSPS) is 21.0. The number of halogens is 3. The van der Waals surface area contributed by atoms with Crippen LogP contribution < -0.4 is 4.72 Å². The summed E-state index contributed by atoms with van der Waals surface area (Å²) in [6.07, 6.45) is 0.379. The highest BCUT2D eigenvalue weighted by molar-refractivity contribution is 7.90. The number of sulfonamides is 1. The second-order valence-electron chi connectivity index (χ2n) is 5.87. The van der Waals surface area contributed by atoms with Crippen LogP contribution in [-0.2, 0) is 10.0 Å². The molecule has 1 aliphatic carbocycles. The van der Waals surface area contributed by atoms with E-state index in [0.717, 1.165) is 11.1 Å². The zero-order valence-corrected chi connectivity index (χ0v) is 13.4. The minimum Gasteiger partial charge on any atom is -0.204 e. The van der Waals surface area contributed by atoms with Gasteiger partial charge >= 0.3 is 15.5 Å². The maximum Gasteiger partial charge on any atom is 0.511 e. The largest absolute Gasteiger partial charge is 0.511 e. The third-order valence-electron chi connectivity index (χ3n) is 4.20. The maximum atomic E-state index is 12.5. The molecule has 0 aliphatic heterocycles. The lowest BCUT2D eigenvalue weighted by Gasteiger charge is -2.19. The Balaban J connectivity index is 1.85. The van der Waals surface area contributed by atoms with Crippen molar-refractivity contribution < 1.29 is 21.6 Å². The van der Waals surface area contributed by atoms with Crippen LogP contribution in [0, 0.1) is 5.92 Å². The molecule has 2 aromatic rings. The predicted molar refractivity (Wildman–Crippen MR) is 84.7 cm³/mol. The molecule has 2 aromatic carbocycles. The Hall–Kier alpha value is -1.86. The number of alkyl halides is 3. The van der Waals surface area contributed by atoms with Gasteiger partial charge in [0.05, 0.1) is 0 Å². The molecule has 1 aliphatic rings. The van der Waals surface area contributed by atoms with Crippen LogP contribution in [0.25, 0.3) is 0 Å². The van der Waals surface area contributed by atoms with Crippen molar-refractivity contribution in [2.45, 2.75) is 23.9 Å². The SMILES string of the molecule is O=S(=O)(NC1CC1C(c1ccccc1)c1ccccc1)C(F)(F)F. The first kappa shape index (κ1) is 17.0. The lowest BCUT2D eigenvalue weighted by molar-refractivity contribution is -0.0448. The molecule has 2 atom stereocenters. The number of rotatable bonds is 5. The third-order valence-corrected chi connectivity index (χ3v) is 5.42. The fourth-order valence-electron chi connectivity index (χ4n) is 2.99. The van der Waals surface area contributed by atoms with Gasteiger partial charge in [-0.1, -0.05) is 60.7 Å². The molecular weight excluding hydrogens is 339 g/mol. The van der Waals surface area contributed by atoms with Gasteiger partial charge in [0, 0.05) is 12.0 Å². The van der Waals surface area contributed by atoms with Crippen LogP contribution in [-0.4, -0.2) is 20.0 Å². The monoisotopic (exact) mass is 355 g/mol. The average Bonchev–Trinajstić information content (AvgIpc) is 3.26. The van der Waals surface area contributed by atoms with Gasteiger partial charge in [-0.3, -0.25) is 0 Å². The van der Waals surface area contributed by atoms with E-state index in [-0.39, 0.29) is 11.8 Å². The molecule has 0 radical (unpaired) electrons. The summed E-state index contributed by atoms with van der Waals surface area (Å²) in [5.41, 5.74) is -3.36. The summed E-state index contributed by atoms with van der Waals surface area (Å²) in [5.74, 6) is -0.347. The molecule has 1 N–H and O–H groups in total. The second-order valence-corrected chi connectivity index (χ2v) is 7.58. The summed E-state index contributed by atoms with van der Waals surface area (Å²) in [7, 11) is -5.32. The van der Waals surface area contributed by atoms with Gasteiger partial charge in [0.15, 0.2) is 0 Å². The first-order chi connectivity index (χ1) is 11.3. The van der Waals surface area contributed by atoms with Crippen molar-refractivity contribution in [1.29, 1.82) is 0 Å². The van der Waals surface area contributed by atoms with E-state index in [9.17, 15) is 21.6 Å². The van der Waals surface area contributed by atoms with E-state index in [1.54, 1.807) is 4.72 Å². The Morgan fingerprint density at radius 1 is 0.917 bits per heavy atom. The third kappa shape index (κ3) is 3.47. The smallest absolute Gasteiger partial charge is 0.204 e. The molecule has 0 saturated heterocycles. The van der Waals surface area contributed by atoms with Crippen molar-refractivity contribution in [3.8, 4) is 0 Å². The van der Waals surface area contributed by atoms with Crippen molar-refractivity contribution in [2.24, 2.45) is 5.92 Å². The molecule has 0 amide bonds. The summed E-state index contributed by atoms with van der Waals surface area (Å²) in [6, 6.07) is 18.1. The summed E-state index contributed by atoms with van der Waals surface area (Å²) in [6.45, 7) is 0. The van der Waals surface area contributed by atoms with E-state index in [1.165, 1.54) is 0 Å². The quantitative estimate of drug-likeness (QED) is 0.890. The van der Waals surface area contributed by atoms with E-state index in [4.69, 9.17) is 0 Å². The number of nitrogens with one attached hydrogen (secondary N) is 1. The molecule has 1 saturated carbocycles. The Bertz CT molecular complexity index is 752. The van der Waals surface area contributed by atoms with Crippen molar-refractivity contribution in [3.05, 3.63) is 71.8 Å². The topological polar surface area (TPSA) is 46.2 Å². The molecule has 7 heteroatoms. The first-order valence-corrected chi connectivity index (χ1v) is 8.96. The number of hydrogen-bond acceptors (Lipinski definition) is 2. The Morgan fingerprint density at radius 2 is 1.38 bits per heavy atom. The van der Waals surface area contributed by atoms with Gasteiger partial charge < -0.3 is 0 Å². The zero-order chi connectivity index (χ0) is 17.4. The fraction of sp³-hybridized carbons (Fsp3) is 0.294. The van der Waals surface area contributed by atoms with Crippen molar-refractivity contribution in [1.82, 2.24) is 4.72 Å². The summed E-state index contributed by atoms with van der Waals surface area (Å²) < 4.78 is 62.0. The van der Waals surface area contributed by atoms with Crippen LogP contribution in [0.5, 0.6) is 0 Å². The Labute approximate surface area is 138 Å². The second kappa shape index (κ2) is 6.22. The zero-order valence-electron chi connectivity index (χ0n) is 12.6. The molecule has 3 nitrogen and oxygen atoms in total. The number of benzene rings is 2. The lowest BCUT2D eigenvalue weighted by Crippen LogP contribution is -2.38. The van der Waals surface area contributed by atoms with Gasteiger partial charge in [-0.05, 0) is 23.5 Å². The highest BCUT2D eigenvalue weighted by Gasteiger charge is 2.53. The first-order valence-electron chi connectivity index (χ1n) is 7.48. The molecule has 0 bridgehead atoms. The van der Waals surface area contributed by atoms with E-state index in [2.05, 4.69) is 0 Å². The van der Waals surface area contributed by atoms with E-state index < -0.39 is 21.6 Å². The maximum absolute atomic E-state index is 12.5. The standard InChI is InChI=1S/C17H16F3NO2S/c18-17(19,20)24(22,23)21-15-11-14(15)16(12-7-3-1-4-8-12)13-9-5-2-6-10-13/h1-10,14-16,21H,11H2. The molecule has 0 aromatic heterocycles. The van der Waals surface area contributed by atoms with Crippen LogP contribution in [0.3, 0.4) is 0 Å². The van der Waals surface area contributed by atoms with Crippen molar-refractivity contribution in [2.75, 3.05) is 0 Å². The molecule has 128 valence electrons. The minimum absolute atomic E-state index is 0.145. The van der Waals surface area contributed by atoms with E-state index in [0.29, 0.717) is 6.42 Å². The summed E-state index contributed by atoms with van der Waals surface area (Å²) >= 11 is 0. The van der Waals surface area contributed by atoms with Crippen molar-refractivity contribution in [3.63, 3.8) is 0 Å². The van der Waals surface area contributed by atoms with E-state index >= 15 is 0 Å². The fourth-order valence-corrected chi connectivity index (χ4v) is 3.80. The Morgan fingerprint density at radius 3 is 1.79 bits per heavy atom. The van der Waals surface area contributed by atoms with Crippen LogP contribution in [0.1, 0.15) is 23.5 Å². The molecule has 1 fully saturated rings. The molecule has 0 heterocycles. The van der Waals surface area contributed by atoms with E-state index in [1.807, 2.05) is 60.7 Å². The lowest BCUT2D eigenvalue weighted by atomic mass is 9.87. The summed E-state index contributed by atoms with van der Waals surface area (Å²) in [5, 5.41) is 0. The minimum atomic E-state index is -5.32. The number of hydrogen-bond donors (Lipinski definition) is 1. The summed E-state index contributed by atoms with van der Waals surface area (Å²) in [4.78, 5) is 0. The van der Waals surface area contributed by atoms with Crippen LogP contribution in [0.15, 0.2) is 60.7 Å². The average molecular weight is 355 g/mol. The Kier molecular flexibility index (Phi) is 4.40. The van der Waals surface area contributed by atoms with Crippen LogP contribution in [0.2, 0.25) is 0 Å². The predicted octanol–water partition coefficient (Wildman–Crippen LogP) is 3.65. The van der Waals surface area contributed by atoms with Gasteiger partial charge in [0.25, 0.3) is 0 Å². The van der Waals surface area contributed by atoms with Gasteiger partial charge in [-0.25, -0.2) is 13.1 Å². The van der Waals surface area contributed by atoms with Gasteiger partial charge in [0.1, 0.15) is 0 Å². The molecule has 24 heavy (non-hydrogen) atoms. The van der Waals surface area contributed by atoms with Crippen LogP contribution >= 0.6 is 0 Å². The molecular formula is C17H16F3NO2S. The van der Waals surface area contributed by atoms with Gasteiger partial charge in [-0.2, -0.15) is 13.2 Å². The van der Waals surface area contributed by atoms with Crippen LogP contribution in [0.4, 0.5) is 13.2 Å². The molecule has 0 spiro atoms. The highest BCUT2D eigenvalue weighted by Crippen LogP contribution is 2.47.